The number of hydrogen-bond acceptors (Lipinski definition) is 1. The molecule has 108 valence electrons. The molecule has 2 nitrogen and oxygen atoms in total. The summed E-state index contributed by atoms with van der Waals surface area (Å²) < 4.78 is 0. The highest BCUT2D eigenvalue weighted by Gasteiger charge is 2.25. The Morgan fingerprint density at radius 1 is 1.14 bits per heavy atom. The van der Waals surface area contributed by atoms with E-state index in [1.807, 2.05) is 7.05 Å². The fraction of sp³-hybridized carbons (Fsp3) is 0.278. The standard InChI is InChI=1S/C18H18BrNO/c1-11-5-4-6-12(2)17(11)18(19)13-7-8-15-14(9-13)10-16(21)20(15)3/h4-9,18H,10H2,1-3H3. The van der Waals surface area contributed by atoms with Crippen molar-refractivity contribution in [1.29, 1.82) is 0 Å². The zero-order valence-corrected chi connectivity index (χ0v) is 14.1. The lowest BCUT2D eigenvalue weighted by atomic mass is 9.95. The molecule has 0 radical (unpaired) electrons. The van der Waals surface area contributed by atoms with E-state index in [2.05, 4.69) is 66.2 Å². The van der Waals surface area contributed by atoms with E-state index >= 15 is 0 Å². The van der Waals surface area contributed by atoms with Gasteiger partial charge in [0.2, 0.25) is 5.91 Å². The van der Waals surface area contributed by atoms with Crippen LogP contribution in [0.5, 0.6) is 0 Å². The number of fused-ring (bicyclic) bond motifs is 1. The number of alkyl halides is 1. The number of carbonyl (C=O) groups excluding carboxylic acids is 1. The normalized spacial score (nSPS) is 15.2. The van der Waals surface area contributed by atoms with Gasteiger partial charge in [-0.25, -0.2) is 0 Å². The summed E-state index contributed by atoms with van der Waals surface area (Å²) in [5, 5.41) is 0. The third-order valence-electron chi connectivity index (χ3n) is 4.27. The van der Waals surface area contributed by atoms with Crippen molar-refractivity contribution in [1.82, 2.24) is 0 Å². The molecule has 1 aliphatic heterocycles. The van der Waals surface area contributed by atoms with E-state index in [0.717, 1.165) is 11.3 Å². The Hall–Kier alpha value is -1.61. The molecule has 0 spiro atoms. The van der Waals surface area contributed by atoms with Crippen molar-refractivity contribution in [2.75, 3.05) is 11.9 Å². The van der Waals surface area contributed by atoms with E-state index in [1.54, 1.807) is 4.90 Å². The number of carbonyl (C=O) groups is 1. The molecule has 3 rings (SSSR count). The summed E-state index contributed by atoms with van der Waals surface area (Å²) in [5.41, 5.74) is 7.24. The first-order valence-electron chi connectivity index (χ1n) is 7.08. The molecule has 1 unspecified atom stereocenters. The zero-order valence-electron chi connectivity index (χ0n) is 12.5. The van der Waals surface area contributed by atoms with Crippen molar-refractivity contribution >= 4 is 27.5 Å². The Morgan fingerprint density at radius 2 is 1.81 bits per heavy atom. The quantitative estimate of drug-likeness (QED) is 0.744. The molecule has 1 amide bonds. The second kappa shape index (κ2) is 5.30. The second-order valence-electron chi connectivity index (χ2n) is 5.69. The summed E-state index contributed by atoms with van der Waals surface area (Å²) in [6.45, 7) is 4.28. The number of rotatable bonds is 2. The molecule has 0 aromatic heterocycles. The summed E-state index contributed by atoms with van der Waals surface area (Å²) in [6.07, 6.45) is 0.506. The summed E-state index contributed by atoms with van der Waals surface area (Å²) in [4.78, 5) is 13.7. The van der Waals surface area contributed by atoms with Crippen LogP contribution in [0.3, 0.4) is 0 Å². The predicted octanol–water partition coefficient (Wildman–Crippen LogP) is 4.31. The van der Waals surface area contributed by atoms with E-state index in [1.165, 1.54) is 22.3 Å². The fourth-order valence-corrected chi connectivity index (χ4v) is 4.05. The predicted molar refractivity (Wildman–Crippen MR) is 90.2 cm³/mol. The molecule has 0 bridgehead atoms. The van der Waals surface area contributed by atoms with Gasteiger partial charge in [0, 0.05) is 12.7 Å². The summed E-state index contributed by atoms with van der Waals surface area (Å²) in [6, 6.07) is 12.7. The van der Waals surface area contributed by atoms with Crippen LogP contribution in [0, 0.1) is 13.8 Å². The molecule has 0 saturated carbocycles. The third kappa shape index (κ3) is 2.40. The summed E-state index contributed by atoms with van der Waals surface area (Å²) in [7, 11) is 1.84. The van der Waals surface area contributed by atoms with Crippen LogP contribution in [0.25, 0.3) is 0 Å². The van der Waals surface area contributed by atoms with Crippen LogP contribution in [0.4, 0.5) is 5.69 Å². The van der Waals surface area contributed by atoms with Crippen molar-refractivity contribution in [3.8, 4) is 0 Å². The third-order valence-corrected chi connectivity index (χ3v) is 5.26. The van der Waals surface area contributed by atoms with Gasteiger partial charge in [0.05, 0.1) is 11.2 Å². The lowest BCUT2D eigenvalue weighted by Gasteiger charge is -2.18. The number of amides is 1. The molecule has 1 heterocycles. The summed E-state index contributed by atoms with van der Waals surface area (Å²) in [5.74, 6) is 0.167. The van der Waals surface area contributed by atoms with Crippen LogP contribution < -0.4 is 4.90 Å². The monoisotopic (exact) mass is 343 g/mol. The Balaban J connectivity index is 2.02. The van der Waals surface area contributed by atoms with Crippen molar-refractivity contribution in [2.45, 2.75) is 25.1 Å². The topological polar surface area (TPSA) is 20.3 Å². The maximum Gasteiger partial charge on any atom is 0.231 e. The van der Waals surface area contributed by atoms with Crippen LogP contribution in [-0.4, -0.2) is 13.0 Å². The van der Waals surface area contributed by atoms with Crippen LogP contribution >= 0.6 is 15.9 Å². The van der Waals surface area contributed by atoms with Crippen molar-refractivity contribution in [2.24, 2.45) is 0 Å². The van der Waals surface area contributed by atoms with Gasteiger partial charge in [0.15, 0.2) is 0 Å². The van der Waals surface area contributed by atoms with Gasteiger partial charge in [-0.05, 0) is 47.7 Å². The average Bonchev–Trinajstić information content (AvgIpc) is 2.73. The van der Waals surface area contributed by atoms with Crippen molar-refractivity contribution in [3.05, 3.63) is 64.2 Å². The van der Waals surface area contributed by atoms with Gasteiger partial charge in [-0.3, -0.25) is 4.79 Å². The highest BCUT2D eigenvalue weighted by atomic mass is 79.9. The number of halogens is 1. The van der Waals surface area contributed by atoms with E-state index < -0.39 is 0 Å². The number of anilines is 1. The van der Waals surface area contributed by atoms with Gasteiger partial charge in [-0.1, -0.05) is 46.3 Å². The fourth-order valence-electron chi connectivity index (χ4n) is 3.04. The van der Waals surface area contributed by atoms with E-state index in [9.17, 15) is 4.79 Å². The summed E-state index contributed by atoms with van der Waals surface area (Å²) >= 11 is 3.84. The molecular weight excluding hydrogens is 326 g/mol. The molecule has 0 N–H and O–H groups in total. The maximum atomic E-state index is 11.8. The Kier molecular flexibility index (Phi) is 3.62. The minimum absolute atomic E-state index is 0.157. The molecule has 1 aliphatic rings. The highest BCUT2D eigenvalue weighted by molar-refractivity contribution is 9.09. The first kappa shape index (κ1) is 14.3. The molecule has 0 aliphatic carbocycles. The Bertz CT molecular complexity index is 703. The minimum Gasteiger partial charge on any atom is -0.315 e. The Morgan fingerprint density at radius 3 is 2.48 bits per heavy atom. The van der Waals surface area contributed by atoms with E-state index in [4.69, 9.17) is 0 Å². The average molecular weight is 344 g/mol. The van der Waals surface area contributed by atoms with Gasteiger partial charge in [-0.2, -0.15) is 0 Å². The molecular formula is C18H18BrNO. The molecule has 0 fully saturated rings. The lowest BCUT2D eigenvalue weighted by molar-refractivity contribution is -0.117. The number of hydrogen-bond donors (Lipinski definition) is 0. The van der Waals surface area contributed by atoms with Crippen LogP contribution in [0.1, 0.15) is 32.6 Å². The molecule has 0 saturated heterocycles. The SMILES string of the molecule is Cc1cccc(C)c1C(Br)c1ccc2c(c1)CC(=O)N2C. The van der Waals surface area contributed by atoms with E-state index in [-0.39, 0.29) is 10.7 Å². The number of aryl methyl sites for hydroxylation is 2. The van der Waals surface area contributed by atoms with Gasteiger partial charge in [-0.15, -0.1) is 0 Å². The number of nitrogens with zero attached hydrogens (tertiary/aromatic N) is 1. The van der Waals surface area contributed by atoms with Crippen molar-refractivity contribution < 1.29 is 4.79 Å². The van der Waals surface area contributed by atoms with E-state index in [0.29, 0.717) is 6.42 Å². The Labute approximate surface area is 133 Å². The molecule has 2 aromatic rings. The largest absolute Gasteiger partial charge is 0.315 e. The first-order chi connectivity index (χ1) is 9.99. The lowest BCUT2D eigenvalue weighted by Crippen LogP contribution is -2.20. The molecule has 21 heavy (non-hydrogen) atoms. The number of benzene rings is 2. The smallest absolute Gasteiger partial charge is 0.231 e. The zero-order chi connectivity index (χ0) is 15.1. The number of likely N-dealkylation sites (N-methyl/N-ethyl adjacent to an activating group) is 1. The van der Waals surface area contributed by atoms with Crippen LogP contribution in [0.2, 0.25) is 0 Å². The highest BCUT2D eigenvalue weighted by Crippen LogP contribution is 2.38. The minimum atomic E-state index is 0.157. The van der Waals surface area contributed by atoms with Crippen molar-refractivity contribution in [3.63, 3.8) is 0 Å². The van der Waals surface area contributed by atoms with Gasteiger partial charge in [0.1, 0.15) is 0 Å². The van der Waals surface area contributed by atoms with Crippen LogP contribution in [0.15, 0.2) is 36.4 Å². The molecule has 2 aromatic carbocycles. The first-order valence-corrected chi connectivity index (χ1v) is 8.00. The van der Waals surface area contributed by atoms with Gasteiger partial charge >= 0.3 is 0 Å². The van der Waals surface area contributed by atoms with Gasteiger partial charge in [0.25, 0.3) is 0 Å². The second-order valence-corrected chi connectivity index (χ2v) is 6.60. The van der Waals surface area contributed by atoms with Crippen LogP contribution in [-0.2, 0) is 11.2 Å². The maximum absolute atomic E-state index is 11.8. The van der Waals surface area contributed by atoms with Gasteiger partial charge < -0.3 is 4.90 Å². The molecule has 3 heteroatoms. The molecule has 1 atom stereocenters.